The van der Waals surface area contributed by atoms with Crippen LogP contribution in [0, 0.1) is 0 Å². The Bertz CT molecular complexity index is 1140. The molecule has 0 saturated carbocycles. The van der Waals surface area contributed by atoms with Gasteiger partial charge in [0.15, 0.2) is 5.54 Å². The summed E-state index contributed by atoms with van der Waals surface area (Å²) in [6, 6.07) is 12.4. The first-order chi connectivity index (χ1) is 14.8. The van der Waals surface area contributed by atoms with Crippen molar-refractivity contribution in [3.63, 3.8) is 0 Å². The number of fused-ring (bicyclic) bond motifs is 1. The molecule has 1 heterocycles. The predicted octanol–water partition coefficient (Wildman–Crippen LogP) is 4.92. The van der Waals surface area contributed by atoms with Gasteiger partial charge < -0.3 is 5.11 Å². The molecule has 0 fully saturated rings. The molecule has 4 rings (SSSR count). The lowest BCUT2D eigenvalue weighted by Gasteiger charge is -2.41. The van der Waals surface area contributed by atoms with Crippen LogP contribution < -0.4 is 10.2 Å². The van der Waals surface area contributed by atoms with Crippen LogP contribution in [0.2, 0.25) is 10.0 Å². The third-order valence-electron chi connectivity index (χ3n) is 6.07. The van der Waals surface area contributed by atoms with Crippen LogP contribution in [0.1, 0.15) is 31.4 Å². The van der Waals surface area contributed by atoms with Crippen LogP contribution in [-0.4, -0.2) is 29.1 Å². The van der Waals surface area contributed by atoms with Crippen LogP contribution in [0.5, 0.6) is 0 Å². The van der Waals surface area contributed by atoms with E-state index in [1.807, 2.05) is 25.1 Å². The van der Waals surface area contributed by atoms with Crippen molar-refractivity contribution in [2.75, 3.05) is 11.4 Å². The monoisotopic (exact) mass is 456 g/mol. The van der Waals surface area contributed by atoms with Gasteiger partial charge in [-0.2, -0.15) is 0 Å². The van der Waals surface area contributed by atoms with Gasteiger partial charge in [-0.25, -0.2) is 4.79 Å². The molecule has 2 unspecified atom stereocenters. The Hall–Kier alpha value is -2.60. The number of amides is 1. The van der Waals surface area contributed by atoms with Crippen molar-refractivity contribution >= 4 is 40.8 Å². The minimum atomic E-state index is -1.29. The molecule has 2 atom stereocenters. The Labute approximate surface area is 191 Å². The highest BCUT2D eigenvalue weighted by Crippen LogP contribution is 2.51. The van der Waals surface area contributed by atoms with Gasteiger partial charge in [0, 0.05) is 21.2 Å². The van der Waals surface area contributed by atoms with E-state index in [1.54, 1.807) is 54.3 Å². The van der Waals surface area contributed by atoms with Gasteiger partial charge in [-0.05, 0) is 50.2 Å². The average Bonchev–Trinajstić information content (AvgIpc) is 2.97. The summed E-state index contributed by atoms with van der Waals surface area (Å²) in [6.45, 7) is 4.17. The molecule has 5 nitrogen and oxygen atoms in total. The lowest BCUT2D eigenvalue weighted by atomic mass is 9.81. The number of carbonyl (C=O) groups is 2. The van der Waals surface area contributed by atoms with E-state index in [4.69, 9.17) is 23.2 Å². The second-order valence-electron chi connectivity index (χ2n) is 7.85. The van der Waals surface area contributed by atoms with Crippen molar-refractivity contribution in [1.29, 1.82) is 0 Å². The highest BCUT2D eigenvalue weighted by Gasteiger charge is 2.58. The third kappa shape index (κ3) is 3.11. The number of aliphatic carboxylic acids is 1. The van der Waals surface area contributed by atoms with Gasteiger partial charge in [0.05, 0.1) is 16.8 Å². The summed E-state index contributed by atoms with van der Waals surface area (Å²) in [5, 5.41) is 14.2. The Morgan fingerprint density at radius 1 is 1.19 bits per heavy atom. The number of halogens is 2. The summed E-state index contributed by atoms with van der Waals surface area (Å²) in [6.07, 6.45) is 5.50. The summed E-state index contributed by atoms with van der Waals surface area (Å²) in [5.74, 6) is -1.35. The first-order valence-electron chi connectivity index (χ1n) is 10.0. The summed E-state index contributed by atoms with van der Waals surface area (Å²) in [4.78, 5) is 28.0. The molecule has 0 saturated heterocycles. The molecule has 2 aliphatic rings. The molecule has 1 amide bonds. The van der Waals surface area contributed by atoms with Crippen molar-refractivity contribution in [2.24, 2.45) is 0 Å². The van der Waals surface area contributed by atoms with E-state index in [9.17, 15) is 14.7 Å². The Balaban J connectivity index is 2.04. The van der Waals surface area contributed by atoms with E-state index in [-0.39, 0.29) is 11.5 Å². The number of carboxylic acid groups (broad SMARTS) is 1. The average molecular weight is 457 g/mol. The van der Waals surface area contributed by atoms with E-state index < -0.39 is 17.0 Å². The van der Waals surface area contributed by atoms with Crippen LogP contribution in [0.25, 0.3) is 0 Å². The van der Waals surface area contributed by atoms with E-state index in [2.05, 4.69) is 5.32 Å². The second-order valence-corrected chi connectivity index (χ2v) is 8.70. The number of carboxylic acids is 1. The number of benzene rings is 2. The smallest absolute Gasteiger partial charge is 0.333 e. The van der Waals surface area contributed by atoms with Gasteiger partial charge in [0.25, 0.3) is 5.91 Å². The topological polar surface area (TPSA) is 69.6 Å². The molecule has 0 bridgehead atoms. The van der Waals surface area contributed by atoms with E-state index in [1.165, 1.54) is 0 Å². The third-order valence-corrected chi connectivity index (χ3v) is 6.63. The van der Waals surface area contributed by atoms with Crippen LogP contribution in [0.4, 0.5) is 5.69 Å². The van der Waals surface area contributed by atoms with Crippen LogP contribution in [0.3, 0.4) is 0 Å². The summed E-state index contributed by atoms with van der Waals surface area (Å²) in [5.41, 5.74) is -0.360. The normalized spacial score (nSPS) is 24.8. The maximum absolute atomic E-state index is 14.3. The fraction of sp³-hybridized carbons (Fsp3) is 0.250. The highest BCUT2D eigenvalue weighted by molar-refractivity contribution is 6.33. The maximum Gasteiger partial charge on any atom is 0.333 e. The first-order valence-corrected chi connectivity index (χ1v) is 10.8. The molecular formula is C24H22Cl2N2O3. The summed E-state index contributed by atoms with van der Waals surface area (Å²) < 4.78 is 0. The van der Waals surface area contributed by atoms with Gasteiger partial charge in [-0.15, -0.1) is 0 Å². The number of allylic oxidation sites excluding steroid dienone is 2. The van der Waals surface area contributed by atoms with Gasteiger partial charge in [-0.1, -0.05) is 60.5 Å². The van der Waals surface area contributed by atoms with Crippen molar-refractivity contribution in [3.8, 4) is 0 Å². The molecule has 1 aliphatic heterocycles. The quantitative estimate of drug-likeness (QED) is 0.669. The number of anilines is 1. The molecule has 160 valence electrons. The van der Waals surface area contributed by atoms with Crippen molar-refractivity contribution < 1.29 is 14.7 Å². The largest absolute Gasteiger partial charge is 0.478 e. The number of carbonyl (C=O) groups excluding carboxylic acids is 1. The molecule has 2 aromatic rings. The van der Waals surface area contributed by atoms with Crippen molar-refractivity contribution in [3.05, 3.63) is 87.4 Å². The van der Waals surface area contributed by atoms with E-state index in [0.717, 1.165) is 0 Å². The molecular weight excluding hydrogens is 435 g/mol. The van der Waals surface area contributed by atoms with Crippen molar-refractivity contribution in [1.82, 2.24) is 5.32 Å². The lowest BCUT2D eigenvalue weighted by molar-refractivity contribution is -0.133. The van der Waals surface area contributed by atoms with Gasteiger partial charge in [0.1, 0.15) is 0 Å². The first kappa shape index (κ1) is 21.6. The fourth-order valence-electron chi connectivity index (χ4n) is 4.71. The highest BCUT2D eigenvalue weighted by atomic mass is 35.5. The number of nitrogens with zero attached hydrogens (tertiary/aromatic N) is 1. The number of likely N-dealkylation sites (N-methyl/N-ethyl adjacent to an activating group) is 1. The zero-order valence-electron chi connectivity index (χ0n) is 17.2. The van der Waals surface area contributed by atoms with Gasteiger partial charge in [0.2, 0.25) is 0 Å². The molecule has 31 heavy (non-hydrogen) atoms. The Morgan fingerprint density at radius 3 is 2.61 bits per heavy atom. The molecule has 0 spiro atoms. The summed E-state index contributed by atoms with van der Waals surface area (Å²) in [7, 11) is 0. The standard InChI is InChI=1S/C24H22Cl2N2O3/c1-3-27-24(16-8-4-5-10-19(16)26)18-14-15(25)11-12-20(18)28(22(24)31)23(2)13-7-6-9-17(23)21(29)30/h4-12,14,27H,3,13H2,1-2H3,(H,29,30). The maximum atomic E-state index is 14.3. The van der Waals surface area contributed by atoms with Crippen LogP contribution >= 0.6 is 23.2 Å². The van der Waals surface area contributed by atoms with Crippen molar-refractivity contribution in [2.45, 2.75) is 31.3 Å². The van der Waals surface area contributed by atoms with E-state index in [0.29, 0.717) is 39.8 Å². The SMILES string of the molecule is CCNC1(c2ccccc2Cl)C(=O)N(C2(C)CC=CC=C2C(=O)O)c2ccc(Cl)cc21. The number of rotatable bonds is 5. The zero-order chi connectivity index (χ0) is 22.4. The van der Waals surface area contributed by atoms with Gasteiger partial charge >= 0.3 is 5.97 Å². The lowest BCUT2D eigenvalue weighted by Crippen LogP contribution is -2.58. The molecule has 2 N–H and O–H groups in total. The number of hydrogen-bond donors (Lipinski definition) is 2. The Morgan fingerprint density at radius 2 is 1.94 bits per heavy atom. The zero-order valence-corrected chi connectivity index (χ0v) is 18.7. The minimum Gasteiger partial charge on any atom is -0.478 e. The molecule has 2 aromatic carbocycles. The molecule has 1 aliphatic carbocycles. The molecule has 0 radical (unpaired) electrons. The van der Waals surface area contributed by atoms with Gasteiger partial charge in [-0.3, -0.25) is 15.0 Å². The number of hydrogen-bond acceptors (Lipinski definition) is 3. The Kier molecular flexibility index (Phi) is 5.46. The molecule has 7 heteroatoms. The minimum absolute atomic E-state index is 0.149. The fourth-order valence-corrected chi connectivity index (χ4v) is 5.16. The molecule has 0 aromatic heterocycles. The second kappa shape index (κ2) is 7.83. The number of nitrogens with one attached hydrogen (secondary N) is 1. The van der Waals surface area contributed by atoms with Crippen LogP contribution in [0.15, 0.2) is 66.3 Å². The van der Waals surface area contributed by atoms with Crippen LogP contribution in [-0.2, 0) is 15.1 Å². The predicted molar refractivity (Wildman–Crippen MR) is 123 cm³/mol. The van der Waals surface area contributed by atoms with E-state index >= 15 is 0 Å². The summed E-state index contributed by atoms with van der Waals surface area (Å²) >= 11 is 13.0.